The predicted molar refractivity (Wildman–Crippen MR) is 250 cm³/mol. The lowest BCUT2D eigenvalue weighted by Gasteiger charge is -2.36. The molecule has 5 nitrogen and oxygen atoms in total. The summed E-state index contributed by atoms with van der Waals surface area (Å²) in [6, 6.07) is 52.9. The fourth-order valence-electron chi connectivity index (χ4n) is 7.60. The highest BCUT2D eigenvalue weighted by molar-refractivity contribution is 7.86. The van der Waals surface area contributed by atoms with Crippen molar-refractivity contribution in [1.29, 1.82) is 0 Å². The molecule has 0 fully saturated rings. The quantitative estimate of drug-likeness (QED) is 0.155. The maximum Gasteiger partial charge on any atom is 0.295 e. The summed E-state index contributed by atoms with van der Waals surface area (Å²) in [6.07, 6.45) is 2.50. The van der Waals surface area contributed by atoms with E-state index in [1.807, 2.05) is 82.3 Å². The lowest BCUT2D eigenvalue weighted by Crippen LogP contribution is -2.29. The highest BCUT2D eigenvalue weighted by atomic mass is 32.2. The molecule has 6 heteroatoms. The third-order valence-corrected chi connectivity index (χ3v) is 10.5. The lowest BCUT2D eigenvalue weighted by molar-refractivity contribution is 0.481. The van der Waals surface area contributed by atoms with E-state index in [2.05, 4.69) is 100 Å². The van der Waals surface area contributed by atoms with Crippen LogP contribution in [0.5, 0.6) is 11.5 Å². The first-order valence-corrected chi connectivity index (χ1v) is 22.1. The molecule has 0 aliphatic heterocycles. The van der Waals surface area contributed by atoms with Crippen LogP contribution in [-0.4, -0.2) is 23.2 Å². The van der Waals surface area contributed by atoms with Gasteiger partial charge in [-0.05, 0) is 67.7 Å². The maximum atomic E-state index is 11.0. The summed E-state index contributed by atoms with van der Waals surface area (Å²) in [7, 11) is -4.13. The second-order valence-electron chi connectivity index (χ2n) is 13.6. The molecule has 0 heterocycles. The molecule has 9 rings (SSSR count). The summed E-state index contributed by atoms with van der Waals surface area (Å²) >= 11 is 0. The molecule has 0 saturated heterocycles. The molecule has 0 saturated carbocycles. The molecular formula is C53H58O5S. The van der Waals surface area contributed by atoms with Gasteiger partial charge in [0.25, 0.3) is 10.1 Å². The van der Waals surface area contributed by atoms with Crippen LogP contribution >= 0.6 is 0 Å². The number of hydrogen-bond acceptors (Lipinski definition) is 4. The van der Waals surface area contributed by atoms with Crippen molar-refractivity contribution in [3.8, 4) is 22.6 Å². The Hall–Kier alpha value is -5.95. The zero-order chi connectivity index (χ0) is 43.2. The van der Waals surface area contributed by atoms with Crippen LogP contribution in [-0.2, 0) is 15.5 Å². The van der Waals surface area contributed by atoms with E-state index in [-0.39, 0.29) is 16.4 Å². The minimum absolute atomic E-state index is 0.0457. The zero-order valence-corrected chi connectivity index (χ0v) is 36.4. The molecule has 0 amide bonds. The number of benzene rings is 8. The van der Waals surface area contributed by atoms with Gasteiger partial charge >= 0.3 is 0 Å². The van der Waals surface area contributed by atoms with Crippen molar-refractivity contribution in [1.82, 2.24) is 0 Å². The molecule has 1 aliphatic rings. The van der Waals surface area contributed by atoms with Gasteiger partial charge in [0.05, 0.1) is 5.41 Å². The molecule has 0 aromatic heterocycles. The summed E-state index contributed by atoms with van der Waals surface area (Å²) in [5.74, 6) is 0.546. The molecule has 1 aliphatic carbocycles. The van der Waals surface area contributed by atoms with Crippen LogP contribution in [0.1, 0.15) is 90.5 Å². The van der Waals surface area contributed by atoms with Crippen molar-refractivity contribution >= 4 is 42.4 Å². The van der Waals surface area contributed by atoms with Crippen molar-refractivity contribution < 1.29 is 23.2 Å². The summed E-state index contributed by atoms with van der Waals surface area (Å²) in [6.45, 7) is 16.5. The first kappa shape index (κ1) is 45.7. The first-order valence-electron chi connectivity index (χ1n) is 20.7. The van der Waals surface area contributed by atoms with E-state index in [1.165, 1.54) is 41.2 Å². The monoisotopic (exact) mass is 806 g/mol. The van der Waals surface area contributed by atoms with E-state index in [0.717, 1.165) is 38.1 Å². The largest absolute Gasteiger partial charge is 0.507 e. The van der Waals surface area contributed by atoms with Gasteiger partial charge in [0.1, 0.15) is 16.4 Å². The van der Waals surface area contributed by atoms with Gasteiger partial charge in [0.2, 0.25) is 0 Å². The second kappa shape index (κ2) is 21.2. The molecular weight excluding hydrogens is 749 g/mol. The van der Waals surface area contributed by atoms with Gasteiger partial charge < -0.3 is 10.2 Å². The van der Waals surface area contributed by atoms with Gasteiger partial charge in [-0.3, -0.25) is 4.55 Å². The molecule has 306 valence electrons. The highest BCUT2D eigenvalue weighted by Gasteiger charge is 2.47. The zero-order valence-electron chi connectivity index (χ0n) is 35.6. The Bertz CT molecular complexity index is 2580. The van der Waals surface area contributed by atoms with Crippen molar-refractivity contribution in [2.75, 3.05) is 0 Å². The molecule has 59 heavy (non-hydrogen) atoms. The van der Waals surface area contributed by atoms with Crippen LogP contribution in [0.15, 0.2) is 169 Å². The Kier molecular flexibility index (Phi) is 16.4. The van der Waals surface area contributed by atoms with Crippen LogP contribution in [0.4, 0.5) is 0 Å². The van der Waals surface area contributed by atoms with Crippen LogP contribution in [0.25, 0.3) is 43.4 Å². The molecule has 0 radical (unpaired) electrons. The van der Waals surface area contributed by atoms with Gasteiger partial charge in [-0.15, -0.1) is 0 Å². The van der Waals surface area contributed by atoms with Crippen LogP contribution in [0.2, 0.25) is 0 Å². The van der Waals surface area contributed by atoms with Crippen molar-refractivity contribution in [3.05, 3.63) is 186 Å². The number of rotatable bonds is 3. The van der Waals surface area contributed by atoms with E-state index >= 15 is 0 Å². The third kappa shape index (κ3) is 9.20. The van der Waals surface area contributed by atoms with Crippen LogP contribution in [0.3, 0.4) is 0 Å². The van der Waals surface area contributed by atoms with Crippen molar-refractivity contribution in [2.24, 2.45) is 0 Å². The number of hydrogen-bond donors (Lipinski definition) is 3. The Labute approximate surface area is 351 Å². The average molecular weight is 807 g/mol. The minimum Gasteiger partial charge on any atom is -0.507 e. The average Bonchev–Trinajstić information content (AvgIpc) is 3.56. The number of phenolic OH excluding ortho intramolecular Hbond substituents is 2. The Morgan fingerprint density at radius 1 is 0.407 bits per heavy atom. The number of fused-ring (bicyclic) bond motifs is 6. The SMILES string of the molecule is CC.CC.CCC.CCC.O=S(=O)(O)c1cccc2ccccc12.Oc1ccc(C2(c3ccc(O)c4ccccc34)c3ccccc3-c3ccccc32)c2ccccc12. The summed E-state index contributed by atoms with van der Waals surface area (Å²) in [5, 5.41) is 26.5. The summed E-state index contributed by atoms with van der Waals surface area (Å²) in [4.78, 5) is -0.0457. The predicted octanol–water partition coefficient (Wildman–Crippen LogP) is 14.7. The van der Waals surface area contributed by atoms with Crippen molar-refractivity contribution in [2.45, 2.75) is 78.5 Å². The number of phenols is 2. The Balaban J connectivity index is 0.000000266. The lowest BCUT2D eigenvalue weighted by atomic mass is 9.65. The summed E-state index contributed by atoms with van der Waals surface area (Å²) < 4.78 is 31.0. The van der Waals surface area contributed by atoms with Gasteiger partial charge in [0.15, 0.2) is 0 Å². The Morgan fingerprint density at radius 3 is 1.17 bits per heavy atom. The van der Waals surface area contributed by atoms with Gasteiger partial charge in [-0.1, -0.05) is 214 Å². The van der Waals surface area contributed by atoms with Crippen molar-refractivity contribution in [3.63, 3.8) is 0 Å². The van der Waals surface area contributed by atoms with E-state index in [4.69, 9.17) is 4.55 Å². The molecule has 8 aromatic carbocycles. The van der Waals surface area contributed by atoms with Gasteiger partial charge in [-0.25, -0.2) is 0 Å². The molecule has 0 bridgehead atoms. The van der Waals surface area contributed by atoms with Crippen LogP contribution in [0, 0.1) is 0 Å². The van der Waals surface area contributed by atoms with E-state index in [9.17, 15) is 18.6 Å². The van der Waals surface area contributed by atoms with Crippen LogP contribution < -0.4 is 0 Å². The molecule has 8 aromatic rings. The Morgan fingerprint density at radius 2 is 0.746 bits per heavy atom. The molecule has 0 atom stereocenters. The normalized spacial score (nSPS) is 11.7. The molecule has 3 N–H and O–H groups in total. The highest BCUT2D eigenvalue weighted by Crippen LogP contribution is 2.59. The summed E-state index contributed by atoms with van der Waals surface area (Å²) in [5.41, 5.74) is 6.40. The first-order chi connectivity index (χ1) is 28.6. The number of aromatic hydroxyl groups is 2. The van der Waals surface area contributed by atoms with Gasteiger partial charge in [-0.2, -0.15) is 8.42 Å². The topological polar surface area (TPSA) is 94.8 Å². The smallest absolute Gasteiger partial charge is 0.295 e. The minimum atomic E-state index is -4.13. The fraction of sp³-hybridized carbons (Fsp3) is 0.208. The standard InChI is InChI=1S/C33H22O2.C10H8O3S.2C3H8.2C2H6/c34-31-19-17-29(23-11-1-3-13-25(23)31)33(30-18-20-32(35)26-14-4-2-12-24(26)30)27-15-7-5-9-21(27)22-10-6-8-16-28(22)33;11-14(12,13)10-7-3-5-8-4-1-2-6-9(8)10;2*1-3-2;2*1-2/h1-20,34-35H;1-7H,(H,11,12,13);2*3H2,1-2H3;2*1-2H3. The van der Waals surface area contributed by atoms with E-state index in [1.54, 1.807) is 30.3 Å². The van der Waals surface area contributed by atoms with E-state index in [0.29, 0.717) is 5.39 Å². The second-order valence-corrected chi connectivity index (χ2v) is 15.0. The molecule has 0 spiro atoms. The maximum absolute atomic E-state index is 11.0. The van der Waals surface area contributed by atoms with Gasteiger partial charge in [0, 0.05) is 16.2 Å². The molecule has 0 unspecified atom stereocenters. The third-order valence-electron chi connectivity index (χ3n) is 9.59. The fourth-order valence-corrected chi connectivity index (χ4v) is 8.32. The van der Waals surface area contributed by atoms with E-state index < -0.39 is 15.5 Å².